The van der Waals surface area contributed by atoms with Crippen molar-refractivity contribution < 1.29 is 13.2 Å². The van der Waals surface area contributed by atoms with Crippen LogP contribution < -0.4 is 0 Å². The van der Waals surface area contributed by atoms with Gasteiger partial charge in [0.1, 0.15) is 5.82 Å². The van der Waals surface area contributed by atoms with Gasteiger partial charge in [-0.15, -0.1) is 0 Å². The number of fused-ring (bicyclic) bond motifs is 1. The average Bonchev–Trinajstić information content (AvgIpc) is 2.69. The molecule has 0 bridgehead atoms. The number of benzene rings is 2. The van der Waals surface area contributed by atoms with Crippen molar-refractivity contribution in [3.05, 3.63) is 53.4 Å². The minimum absolute atomic E-state index is 0.0593. The van der Waals surface area contributed by atoms with E-state index in [4.69, 9.17) is 0 Å². The van der Waals surface area contributed by atoms with Gasteiger partial charge in [0.05, 0.1) is 0 Å². The van der Waals surface area contributed by atoms with Crippen LogP contribution in [0.2, 0.25) is 0 Å². The second kappa shape index (κ2) is 10.1. The largest absolute Gasteiger partial charge is 0.271 e. The summed E-state index contributed by atoms with van der Waals surface area (Å²) >= 11 is 0. The fourth-order valence-electron chi connectivity index (χ4n) is 4.61. The number of rotatable bonds is 8. The minimum Gasteiger partial charge on any atom is -0.206 e. The molecular weight excluding hydrogens is 357 g/mol. The molecule has 0 aromatic heterocycles. The second-order valence-electron chi connectivity index (χ2n) is 8.38. The third kappa shape index (κ3) is 5.62. The summed E-state index contributed by atoms with van der Waals surface area (Å²) in [5, 5.41) is 1.19. The zero-order valence-electron chi connectivity index (χ0n) is 16.8. The molecule has 28 heavy (non-hydrogen) atoms. The molecule has 1 saturated carbocycles. The van der Waals surface area contributed by atoms with Gasteiger partial charge in [-0.3, -0.25) is 0 Å². The summed E-state index contributed by atoms with van der Waals surface area (Å²) in [6, 6.07) is 8.85. The van der Waals surface area contributed by atoms with Gasteiger partial charge in [-0.1, -0.05) is 88.6 Å². The van der Waals surface area contributed by atoms with Crippen LogP contribution in [-0.4, -0.2) is 0 Å². The molecule has 3 heteroatoms. The van der Waals surface area contributed by atoms with Crippen LogP contribution >= 0.6 is 0 Å². The summed E-state index contributed by atoms with van der Waals surface area (Å²) in [4.78, 5) is 0. The molecule has 152 valence electrons. The lowest BCUT2D eigenvalue weighted by molar-refractivity contribution is 0.249. The van der Waals surface area contributed by atoms with Crippen LogP contribution in [0, 0.1) is 17.7 Å². The molecule has 1 aliphatic rings. The highest BCUT2D eigenvalue weighted by Crippen LogP contribution is 2.34. The summed E-state index contributed by atoms with van der Waals surface area (Å²) in [5.41, 5.74) is 1.15. The number of hydrogen-bond acceptors (Lipinski definition) is 0. The lowest BCUT2D eigenvalue weighted by Crippen LogP contribution is -2.15. The van der Waals surface area contributed by atoms with E-state index in [0.717, 1.165) is 23.6 Å². The molecule has 2 aromatic rings. The van der Waals surface area contributed by atoms with Gasteiger partial charge in [-0.25, -0.2) is 4.39 Å². The standard InChI is InChI=1S/C25H31F3/c1-2-3-4-5-18-6-8-19(9-7-18)10-11-20-12-15-23-21(16-20)13-14-22(25(23)28)17-24(26)27/h12-19H,2-11H2,1H3. The Hall–Kier alpha value is -1.77. The minimum atomic E-state index is -1.88. The number of unbranched alkanes of at least 4 members (excludes halogenated alkanes) is 2. The highest BCUT2D eigenvalue weighted by atomic mass is 19.3. The molecule has 0 heterocycles. The molecular formula is C25H31F3. The van der Waals surface area contributed by atoms with Crippen molar-refractivity contribution in [2.75, 3.05) is 0 Å². The highest BCUT2D eigenvalue weighted by Gasteiger charge is 2.20. The smallest absolute Gasteiger partial charge is 0.206 e. The Morgan fingerprint density at radius 1 is 0.964 bits per heavy atom. The van der Waals surface area contributed by atoms with Crippen molar-refractivity contribution in [1.82, 2.24) is 0 Å². The van der Waals surface area contributed by atoms with Crippen LogP contribution in [0.15, 0.2) is 36.4 Å². The van der Waals surface area contributed by atoms with E-state index in [-0.39, 0.29) is 5.56 Å². The highest BCUT2D eigenvalue weighted by molar-refractivity contribution is 5.86. The van der Waals surface area contributed by atoms with E-state index in [9.17, 15) is 13.2 Å². The first-order valence-corrected chi connectivity index (χ1v) is 10.8. The van der Waals surface area contributed by atoms with Crippen LogP contribution in [0.5, 0.6) is 0 Å². The average molecular weight is 389 g/mol. The molecule has 0 atom stereocenters. The first kappa shape index (κ1) is 21.0. The lowest BCUT2D eigenvalue weighted by Gasteiger charge is -2.28. The maximum Gasteiger partial charge on any atom is 0.271 e. The van der Waals surface area contributed by atoms with Gasteiger partial charge in [0, 0.05) is 17.0 Å². The monoisotopic (exact) mass is 388 g/mol. The number of hydrogen-bond donors (Lipinski definition) is 0. The van der Waals surface area contributed by atoms with Gasteiger partial charge in [-0.05, 0) is 35.6 Å². The predicted molar refractivity (Wildman–Crippen MR) is 112 cm³/mol. The Morgan fingerprint density at radius 3 is 2.36 bits per heavy atom. The van der Waals surface area contributed by atoms with Crippen LogP contribution in [0.4, 0.5) is 13.2 Å². The SMILES string of the molecule is CCCCCC1CCC(CCc2ccc3c(F)c(C=C(F)F)ccc3c2)CC1. The van der Waals surface area contributed by atoms with E-state index in [1.165, 1.54) is 69.4 Å². The zero-order valence-corrected chi connectivity index (χ0v) is 16.8. The third-order valence-electron chi connectivity index (χ3n) is 6.34. The van der Waals surface area contributed by atoms with E-state index < -0.39 is 11.9 Å². The topological polar surface area (TPSA) is 0 Å². The van der Waals surface area contributed by atoms with Gasteiger partial charge in [0.2, 0.25) is 0 Å². The maximum absolute atomic E-state index is 14.4. The first-order chi connectivity index (χ1) is 13.6. The molecule has 0 nitrogen and oxygen atoms in total. The van der Waals surface area contributed by atoms with E-state index >= 15 is 0 Å². The van der Waals surface area contributed by atoms with Crippen molar-refractivity contribution in [3.63, 3.8) is 0 Å². The quantitative estimate of drug-likeness (QED) is 0.397. The van der Waals surface area contributed by atoms with Crippen molar-refractivity contribution in [3.8, 4) is 0 Å². The Kier molecular flexibility index (Phi) is 7.58. The molecule has 3 rings (SSSR count). The van der Waals surface area contributed by atoms with Crippen LogP contribution in [0.25, 0.3) is 16.8 Å². The van der Waals surface area contributed by atoms with Gasteiger partial charge in [0.25, 0.3) is 6.08 Å². The predicted octanol–water partition coefficient (Wildman–Crippen LogP) is 8.54. The van der Waals surface area contributed by atoms with Gasteiger partial charge >= 0.3 is 0 Å². The van der Waals surface area contributed by atoms with Crippen molar-refractivity contribution in [2.45, 2.75) is 71.1 Å². The first-order valence-electron chi connectivity index (χ1n) is 10.8. The fourth-order valence-corrected chi connectivity index (χ4v) is 4.61. The summed E-state index contributed by atoms with van der Waals surface area (Å²) in [6.07, 6.45) is 11.8. The molecule has 0 aliphatic heterocycles. The van der Waals surface area contributed by atoms with Crippen molar-refractivity contribution in [1.29, 1.82) is 0 Å². The molecule has 0 spiro atoms. The van der Waals surface area contributed by atoms with E-state index in [0.29, 0.717) is 11.5 Å². The van der Waals surface area contributed by atoms with Gasteiger partial charge < -0.3 is 0 Å². The third-order valence-corrected chi connectivity index (χ3v) is 6.34. The molecule has 0 N–H and O–H groups in total. The lowest BCUT2D eigenvalue weighted by atomic mass is 9.77. The maximum atomic E-state index is 14.4. The Bertz CT molecular complexity index is 797. The summed E-state index contributed by atoms with van der Waals surface area (Å²) in [7, 11) is 0. The molecule has 2 aromatic carbocycles. The molecule has 1 fully saturated rings. The van der Waals surface area contributed by atoms with E-state index in [2.05, 4.69) is 6.92 Å². The van der Waals surface area contributed by atoms with Gasteiger partial charge in [0.15, 0.2) is 0 Å². The molecule has 0 saturated heterocycles. The molecule has 0 amide bonds. The van der Waals surface area contributed by atoms with E-state index in [1.807, 2.05) is 12.1 Å². The van der Waals surface area contributed by atoms with E-state index in [1.54, 1.807) is 12.1 Å². The second-order valence-corrected chi connectivity index (χ2v) is 8.38. The summed E-state index contributed by atoms with van der Waals surface area (Å²) < 4.78 is 39.3. The van der Waals surface area contributed by atoms with Gasteiger partial charge in [-0.2, -0.15) is 8.78 Å². The fraction of sp³-hybridized carbons (Fsp3) is 0.520. The Morgan fingerprint density at radius 2 is 1.68 bits per heavy atom. The number of halogens is 3. The molecule has 0 radical (unpaired) electrons. The summed E-state index contributed by atoms with van der Waals surface area (Å²) in [5.74, 6) is 1.16. The summed E-state index contributed by atoms with van der Waals surface area (Å²) in [6.45, 7) is 2.26. The van der Waals surface area contributed by atoms with Crippen molar-refractivity contribution in [2.24, 2.45) is 11.8 Å². The van der Waals surface area contributed by atoms with Crippen LogP contribution in [0.3, 0.4) is 0 Å². The van der Waals surface area contributed by atoms with Crippen LogP contribution in [-0.2, 0) is 6.42 Å². The number of aryl methyl sites for hydroxylation is 1. The zero-order chi connectivity index (χ0) is 19.9. The Balaban J connectivity index is 1.55. The molecule has 1 aliphatic carbocycles. The van der Waals surface area contributed by atoms with Crippen molar-refractivity contribution >= 4 is 16.8 Å². The van der Waals surface area contributed by atoms with Crippen LogP contribution in [0.1, 0.15) is 75.8 Å². The Labute approximate surface area is 166 Å². The molecule has 0 unspecified atom stereocenters. The normalized spacial score (nSPS) is 19.7.